The van der Waals surface area contributed by atoms with Crippen molar-refractivity contribution in [3.05, 3.63) is 72.9 Å². The Morgan fingerprint density at radius 2 is 1.12 bits per heavy atom. The van der Waals surface area contributed by atoms with Crippen LogP contribution in [0.25, 0.3) is 0 Å². The van der Waals surface area contributed by atoms with Crippen LogP contribution in [0.5, 0.6) is 0 Å². The normalized spacial score (nSPS) is 13.9. The molecule has 0 bridgehead atoms. The van der Waals surface area contributed by atoms with E-state index in [1.54, 1.807) is 6.08 Å². The van der Waals surface area contributed by atoms with Crippen LogP contribution in [0.15, 0.2) is 72.9 Å². The molecule has 9 nitrogen and oxygen atoms in total. The number of hydrogen-bond donors (Lipinski definition) is 3. The molecule has 0 aromatic carbocycles. The highest BCUT2D eigenvalue weighted by atomic mass is 31.2. The Morgan fingerprint density at radius 1 is 0.608 bits per heavy atom. The topological polar surface area (TPSA) is 140 Å². The first kappa shape index (κ1) is 48.5. The summed E-state index contributed by atoms with van der Waals surface area (Å²) in [6.45, 7) is 3.28. The van der Waals surface area contributed by atoms with Crippen LogP contribution in [-0.4, -0.2) is 52.3 Å². The lowest BCUT2D eigenvalue weighted by molar-refractivity contribution is -0.161. The highest BCUT2D eigenvalue weighted by Crippen LogP contribution is 2.36. The third-order valence-corrected chi connectivity index (χ3v) is 8.35. The summed E-state index contributed by atoms with van der Waals surface area (Å²) in [6, 6.07) is 0. The van der Waals surface area contributed by atoms with Crippen molar-refractivity contribution in [1.82, 2.24) is 0 Å². The maximum absolute atomic E-state index is 12.3. The second-order valence-electron chi connectivity index (χ2n) is 12.7. The molecule has 0 aliphatic heterocycles. The second kappa shape index (κ2) is 35.8. The van der Waals surface area contributed by atoms with Gasteiger partial charge in [0.15, 0.2) is 6.10 Å². The summed E-state index contributed by atoms with van der Waals surface area (Å²) >= 11 is 0. The molecule has 0 fully saturated rings. The monoisotopic (exact) mass is 736 g/mol. The lowest BCUT2D eigenvalue weighted by Crippen LogP contribution is -2.29. The minimum Gasteiger partial charge on any atom is -0.462 e. The molecule has 0 amide bonds. The number of aliphatic hydroxyl groups is 1. The molecule has 0 saturated carbocycles. The first-order chi connectivity index (χ1) is 24.7. The van der Waals surface area contributed by atoms with Gasteiger partial charge in [-0.1, -0.05) is 138 Å². The van der Waals surface area contributed by atoms with Crippen molar-refractivity contribution in [3.8, 4) is 0 Å². The lowest BCUT2D eigenvalue weighted by atomic mass is 10.1. The number of allylic oxidation sites excluding steroid dienone is 11. The molecule has 0 unspecified atom stereocenters. The van der Waals surface area contributed by atoms with E-state index in [2.05, 4.69) is 47.9 Å². The van der Waals surface area contributed by atoms with Crippen LogP contribution in [0.2, 0.25) is 0 Å². The summed E-state index contributed by atoms with van der Waals surface area (Å²) in [5.41, 5.74) is 0. The molecule has 292 valence electrons. The summed E-state index contributed by atoms with van der Waals surface area (Å²) in [7, 11) is -4.78. The number of esters is 2. The number of carbonyl (C=O) groups excluding carboxylic acids is 2. The predicted molar refractivity (Wildman–Crippen MR) is 208 cm³/mol. The van der Waals surface area contributed by atoms with E-state index in [1.807, 2.05) is 37.3 Å². The van der Waals surface area contributed by atoms with Gasteiger partial charge in [0.1, 0.15) is 6.61 Å². The van der Waals surface area contributed by atoms with E-state index in [-0.39, 0.29) is 25.6 Å². The van der Waals surface area contributed by atoms with Crippen LogP contribution in [0.1, 0.15) is 149 Å². The predicted octanol–water partition coefficient (Wildman–Crippen LogP) is 10.5. The summed E-state index contributed by atoms with van der Waals surface area (Å²) in [5, 5.41) is 9.45. The zero-order valence-corrected chi connectivity index (χ0v) is 32.5. The van der Waals surface area contributed by atoms with Crippen molar-refractivity contribution >= 4 is 19.8 Å². The number of ether oxygens (including phenoxy) is 2. The van der Waals surface area contributed by atoms with Crippen molar-refractivity contribution in [2.24, 2.45) is 0 Å². The third kappa shape index (κ3) is 38.5. The maximum Gasteiger partial charge on any atom is 0.469 e. The highest BCUT2D eigenvalue weighted by molar-refractivity contribution is 7.46. The molecule has 0 saturated heterocycles. The molecule has 0 spiro atoms. The van der Waals surface area contributed by atoms with E-state index in [1.165, 1.54) is 44.9 Å². The van der Waals surface area contributed by atoms with Gasteiger partial charge in [-0.2, -0.15) is 0 Å². The molecule has 0 radical (unpaired) electrons. The van der Waals surface area contributed by atoms with E-state index in [0.717, 1.165) is 51.4 Å². The number of rotatable bonds is 34. The fourth-order valence-corrected chi connectivity index (χ4v) is 5.18. The van der Waals surface area contributed by atoms with Crippen LogP contribution in [0.3, 0.4) is 0 Å². The van der Waals surface area contributed by atoms with E-state index >= 15 is 0 Å². The Balaban J connectivity index is 4.11. The third-order valence-electron chi connectivity index (χ3n) is 7.87. The van der Waals surface area contributed by atoms with Gasteiger partial charge in [-0.05, 0) is 70.6 Å². The lowest BCUT2D eigenvalue weighted by Gasteiger charge is -2.18. The molecule has 0 aromatic rings. The van der Waals surface area contributed by atoms with Gasteiger partial charge in [0.05, 0.1) is 12.7 Å². The fraction of sp³-hybridized carbons (Fsp3) is 0.659. The highest BCUT2D eigenvalue weighted by Gasteiger charge is 2.22. The summed E-state index contributed by atoms with van der Waals surface area (Å²) in [6.07, 6.45) is 42.9. The maximum atomic E-state index is 12.3. The van der Waals surface area contributed by atoms with Gasteiger partial charge in [-0.3, -0.25) is 14.1 Å². The van der Waals surface area contributed by atoms with Gasteiger partial charge in [-0.25, -0.2) is 4.57 Å². The molecule has 0 heterocycles. The molecule has 0 rings (SSSR count). The van der Waals surface area contributed by atoms with E-state index in [9.17, 15) is 19.3 Å². The van der Waals surface area contributed by atoms with E-state index in [4.69, 9.17) is 19.3 Å². The van der Waals surface area contributed by atoms with Crippen LogP contribution >= 0.6 is 7.82 Å². The summed E-state index contributed by atoms with van der Waals surface area (Å²) in [5.74, 6) is -0.989. The van der Waals surface area contributed by atoms with Gasteiger partial charge in [0.25, 0.3) is 0 Å². The first-order valence-electron chi connectivity index (χ1n) is 19.3. The van der Waals surface area contributed by atoms with Crippen LogP contribution in [-0.2, 0) is 28.2 Å². The van der Waals surface area contributed by atoms with Gasteiger partial charge in [0, 0.05) is 12.8 Å². The molecule has 10 heteroatoms. The fourth-order valence-electron chi connectivity index (χ4n) is 4.82. The SMILES string of the molecule is CCCCCCCC/C=C\CCCCCCCC(=O)OC[C@H](COP(=O)(O)O)OC(=O)CCC/C=C\C/C=C\C/C=C\C/C=C\C=C\[C@H](O)CC. The quantitative estimate of drug-likeness (QED) is 0.0194. The zero-order chi connectivity index (χ0) is 37.7. The number of unbranched alkanes of at least 4 members (excludes halogenated alkanes) is 12. The largest absolute Gasteiger partial charge is 0.469 e. The minimum atomic E-state index is -4.78. The van der Waals surface area contributed by atoms with Gasteiger partial charge in [-0.15, -0.1) is 0 Å². The number of hydrogen-bond acceptors (Lipinski definition) is 7. The Kier molecular flexibility index (Phi) is 34.0. The van der Waals surface area contributed by atoms with Crippen LogP contribution in [0, 0.1) is 0 Å². The number of phosphoric ester groups is 1. The molecular formula is C41H69O9P. The zero-order valence-electron chi connectivity index (χ0n) is 31.6. The molecule has 0 aliphatic rings. The summed E-state index contributed by atoms with van der Waals surface area (Å²) < 4.78 is 26.2. The molecule has 3 N–H and O–H groups in total. The Morgan fingerprint density at radius 3 is 1.73 bits per heavy atom. The Labute approximate surface area is 309 Å². The van der Waals surface area contributed by atoms with Crippen LogP contribution in [0.4, 0.5) is 0 Å². The number of carbonyl (C=O) groups is 2. The average Bonchev–Trinajstić information content (AvgIpc) is 3.10. The van der Waals surface area contributed by atoms with E-state index < -0.39 is 32.5 Å². The molecule has 51 heavy (non-hydrogen) atoms. The molecule has 0 aromatic heterocycles. The number of phosphoric acid groups is 1. The molecular weight excluding hydrogens is 667 g/mol. The van der Waals surface area contributed by atoms with Crippen molar-refractivity contribution in [3.63, 3.8) is 0 Å². The molecule has 2 atom stereocenters. The molecule has 0 aliphatic carbocycles. The van der Waals surface area contributed by atoms with Crippen LogP contribution < -0.4 is 0 Å². The van der Waals surface area contributed by atoms with Crippen molar-refractivity contribution in [2.75, 3.05) is 13.2 Å². The second-order valence-corrected chi connectivity index (χ2v) is 14.0. The standard InChI is InChI=1S/C41H69O9P/c1-3-5-6-7-8-9-10-11-12-16-19-22-25-28-31-34-40(43)48-36-39(37-49-51(45,46)47)50-41(44)35-32-29-26-23-20-17-14-13-15-18-21-24-27-30-33-38(42)4-2/h11-12,14-15,17-18,23-24,26-27,30,33,38-39,42H,3-10,13,16,19-22,25,28-29,31-32,34-37H2,1-2H3,(H2,45,46,47)/b12-11-,17-14-,18-15-,26-23-,27-24-,33-30+/t38-,39-/m1/s1. The minimum absolute atomic E-state index is 0.115. The van der Waals surface area contributed by atoms with Crippen molar-refractivity contribution < 1.29 is 43.0 Å². The van der Waals surface area contributed by atoms with Crippen molar-refractivity contribution in [1.29, 1.82) is 0 Å². The van der Waals surface area contributed by atoms with E-state index in [0.29, 0.717) is 25.7 Å². The Hall–Kier alpha value is -2.55. The Bertz CT molecular complexity index is 1070. The van der Waals surface area contributed by atoms with Gasteiger partial charge >= 0.3 is 19.8 Å². The first-order valence-corrected chi connectivity index (χ1v) is 20.9. The summed E-state index contributed by atoms with van der Waals surface area (Å²) in [4.78, 5) is 42.7. The van der Waals surface area contributed by atoms with Crippen molar-refractivity contribution in [2.45, 2.75) is 161 Å². The average molecular weight is 737 g/mol. The number of aliphatic hydroxyl groups excluding tert-OH is 1. The smallest absolute Gasteiger partial charge is 0.462 e. The van der Waals surface area contributed by atoms with Gasteiger partial charge < -0.3 is 24.4 Å². The van der Waals surface area contributed by atoms with Gasteiger partial charge in [0.2, 0.25) is 0 Å².